The summed E-state index contributed by atoms with van der Waals surface area (Å²) in [6.45, 7) is 1.41. The van der Waals surface area contributed by atoms with Gasteiger partial charge in [0, 0.05) is 19.0 Å². The van der Waals surface area contributed by atoms with E-state index in [1.807, 2.05) is 0 Å². The van der Waals surface area contributed by atoms with E-state index in [0.29, 0.717) is 12.6 Å². The van der Waals surface area contributed by atoms with Gasteiger partial charge in [0.2, 0.25) is 0 Å². The summed E-state index contributed by atoms with van der Waals surface area (Å²) in [5, 5.41) is 0. The molecule has 1 unspecified atom stereocenters. The molecule has 1 aliphatic rings. The van der Waals surface area contributed by atoms with Gasteiger partial charge in [-0.25, -0.2) is 9.97 Å². The third-order valence-corrected chi connectivity index (χ3v) is 2.21. The molecule has 1 atom stereocenters. The van der Waals surface area contributed by atoms with Crippen molar-refractivity contribution in [3.05, 3.63) is 18.5 Å². The topological polar surface area (TPSA) is 44.2 Å². The van der Waals surface area contributed by atoms with Gasteiger partial charge in [-0.05, 0) is 25.3 Å². The zero-order valence-electron chi connectivity index (χ0n) is 8.06. The van der Waals surface area contributed by atoms with E-state index in [-0.39, 0.29) is 6.10 Å². The first-order chi connectivity index (χ1) is 6.95. The number of nitrogens with zero attached hydrogens (tertiary/aromatic N) is 2. The van der Waals surface area contributed by atoms with Crippen molar-refractivity contribution >= 4 is 0 Å². The molecule has 1 aliphatic heterocycles. The van der Waals surface area contributed by atoms with Crippen LogP contribution in [-0.2, 0) is 4.74 Å². The molecule has 0 radical (unpaired) electrons. The molecule has 0 amide bonds. The fourth-order valence-corrected chi connectivity index (χ4v) is 1.47. The Morgan fingerprint density at radius 2 is 2.21 bits per heavy atom. The minimum atomic E-state index is 0.215. The summed E-state index contributed by atoms with van der Waals surface area (Å²) in [6.07, 6.45) is 7.02. The second-order valence-corrected chi connectivity index (χ2v) is 3.33. The van der Waals surface area contributed by atoms with Gasteiger partial charge in [0.05, 0.1) is 6.10 Å². The third-order valence-electron chi connectivity index (χ3n) is 2.21. The highest BCUT2D eigenvalue weighted by molar-refractivity contribution is 4.93. The predicted molar refractivity (Wildman–Crippen MR) is 51.1 cm³/mol. The Labute approximate surface area is 83.3 Å². The van der Waals surface area contributed by atoms with Crippen molar-refractivity contribution in [1.29, 1.82) is 0 Å². The Balaban J connectivity index is 1.76. The van der Waals surface area contributed by atoms with Gasteiger partial charge in [-0.2, -0.15) is 0 Å². The van der Waals surface area contributed by atoms with Crippen molar-refractivity contribution in [3.63, 3.8) is 0 Å². The van der Waals surface area contributed by atoms with Gasteiger partial charge in [-0.15, -0.1) is 0 Å². The lowest BCUT2D eigenvalue weighted by atomic mass is 10.1. The Morgan fingerprint density at radius 3 is 2.93 bits per heavy atom. The summed E-state index contributed by atoms with van der Waals surface area (Å²) in [7, 11) is 0. The molecule has 76 valence electrons. The number of ether oxygens (including phenoxy) is 2. The highest BCUT2D eigenvalue weighted by Gasteiger charge is 2.14. The van der Waals surface area contributed by atoms with Gasteiger partial charge < -0.3 is 9.47 Å². The van der Waals surface area contributed by atoms with Crippen LogP contribution in [0.25, 0.3) is 0 Å². The Morgan fingerprint density at radius 1 is 1.36 bits per heavy atom. The molecule has 4 nitrogen and oxygen atoms in total. The first kappa shape index (κ1) is 9.40. The average molecular weight is 194 g/mol. The smallest absolute Gasteiger partial charge is 0.316 e. The van der Waals surface area contributed by atoms with Crippen LogP contribution in [0.2, 0.25) is 0 Å². The molecule has 0 saturated carbocycles. The van der Waals surface area contributed by atoms with E-state index in [2.05, 4.69) is 9.97 Å². The number of hydrogen-bond acceptors (Lipinski definition) is 4. The minimum absolute atomic E-state index is 0.215. The van der Waals surface area contributed by atoms with Gasteiger partial charge >= 0.3 is 6.01 Å². The van der Waals surface area contributed by atoms with Crippen LogP contribution in [0.15, 0.2) is 18.5 Å². The second kappa shape index (κ2) is 4.91. The van der Waals surface area contributed by atoms with Crippen LogP contribution < -0.4 is 4.74 Å². The molecule has 0 aliphatic carbocycles. The van der Waals surface area contributed by atoms with Crippen LogP contribution in [0.1, 0.15) is 19.3 Å². The molecule has 0 spiro atoms. The van der Waals surface area contributed by atoms with Gasteiger partial charge in [-0.1, -0.05) is 0 Å². The van der Waals surface area contributed by atoms with Crippen LogP contribution >= 0.6 is 0 Å². The van der Waals surface area contributed by atoms with Crippen LogP contribution in [0.5, 0.6) is 6.01 Å². The van der Waals surface area contributed by atoms with E-state index in [1.165, 1.54) is 12.8 Å². The Bertz CT molecular complexity index is 260. The molecule has 0 N–H and O–H groups in total. The first-order valence-electron chi connectivity index (χ1n) is 4.96. The fourth-order valence-electron chi connectivity index (χ4n) is 1.47. The Hall–Kier alpha value is -1.16. The van der Waals surface area contributed by atoms with Gasteiger partial charge in [0.25, 0.3) is 0 Å². The summed E-state index contributed by atoms with van der Waals surface area (Å²) in [5.41, 5.74) is 0. The summed E-state index contributed by atoms with van der Waals surface area (Å²) >= 11 is 0. The lowest BCUT2D eigenvalue weighted by Crippen LogP contribution is -2.26. The predicted octanol–water partition coefficient (Wildman–Crippen LogP) is 1.42. The number of hydrogen-bond donors (Lipinski definition) is 0. The van der Waals surface area contributed by atoms with Crippen LogP contribution in [0, 0.1) is 0 Å². The van der Waals surface area contributed by atoms with Crippen molar-refractivity contribution in [2.75, 3.05) is 13.2 Å². The largest absolute Gasteiger partial charge is 0.461 e. The maximum absolute atomic E-state index is 5.52. The standard InChI is InChI=1S/C10H14N2O2/c1-2-7-13-9(4-1)8-14-10-11-5-3-6-12-10/h3,5-6,9H,1-2,4,7-8H2. The Kier molecular flexibility index (Phi) is 3.29. The SMILES string of the molecule is c1cnc(OCC2CCCCO2)nc1. The maximum Gasteiger partial charge on any atom is 0.316 e. The van der Waals surface area contributed by atoms with Gasteiger partial charge in [-0.3, -0.25) is 0 Å². The number of rotatable bonds is 3. The highest BCUT2D eigenvalue weighted by Crippen LogP contribution is 2.13. The van der Waals surface area contributed by atoms with Crippen molar-refractivity contribution in [2.45, 2.75) is 25.4 Å². The van der Waals surface area contributed by atoms with E-state index < -0.39 is 0 Å². The van der Waals surface area contributed by atoms with E-state index in [9.17, 15) is 0 Å². The number of aromatic nitrogens is 2. The van der Waals surface area contributed by atoms with Crippen molar-refractivity contribution in [1.82, 2.24) is 9.97 Å². The maximum atomic E-state index is 5.52. The molecule has 1 aromatic heterocycles. The van der Waals surface area contributed by atoms with E-state index in [0.717, 1.165) is 13.0 Å². The minimum Gasteiger partial charge on any atom is -0.461 e. The zero-order chi connectivity index (χ0) is 9.64. The molecule has 0 aromatic carbocycles. The molecule has 14 heavy (non-hydrogen) atoms. The quantitative estimate of drug-likeness (QED) is 0.730. The molecular formula is C10H14N2O2. The zero-order valence-corrected chi connectivity index (χ0v) is 8.06. The van der Waals surface area contributed by atoms with Crippen molar-refractivity contribution in [2.24, 2.45) is 0 Å². The summed E-state index contributed by atoms with van der Waals surface area (Å²) in [6, 6.07) is 2.20. The molecule has 1 aromatic rings. The van der Waals surface area contributed by atoms with Crippen LogP contribution in [-0.4, -0.2) is 29.3 Å². The van der Waals surface area contributed by atoms with E-state index in [1.54, 1.807) is 18.5 Å². The highest BCUT2D eigenvalue weighted by atomic mass is 16.5. The van der Waals surface area contributed by atoms with E-state index in [4.69, 9.17) is 9.47 Å². The second-order valence-electron chi connectivity index (χ2n) is 3.33. The molecule has 4 heteroatoms. The summed E-state index contributed by atoms with van der Waals surface area (Å²) < 4.78 is 10.9. The lowest BCUT2D eigenvalue weighted by molar-refractivity contribution is -0.0129. The molecule has 2 heterocycles. The van der Waals surface area contributed by atoms with Gasteiger partial charge in [0.1, 0.15) is 6.61 Å². The monoisotopic (exact) mass is 194 g/mol. The average Bonchev–Trinajstić information content (AvgIpc) is 2.29. The fraction of sp³-hybridized carbons (Fsp3) is 0.600. The van der Waals surface area contributed by atoms with Crippen LogP contribution in [0.4, 0.5) is 0 Å². The normalized spacial score (nSPS) is 21.9. The first-order valence-corrected chi connectivity index (χ1v) is 4.96. The molecule has 2 rings (SSSR count). The molecule has 0 bridgehead atoms. The van der Waals surface area contributed by atoms with Crippen molar-refractivity contribution in [3.8, 4) is 6.01 Å². The lowest BCUT2D eigenvalue weighted by Gasteiger charge is -2.21. The molecular weight excluding hydrogens is 180 g/mol. The van der Waals surface area contributed by atoms with E-state index >= 15 is 0 Å². The summed E-state index contributed by atoms with van der Waals surface area (Å²) in [4.78, 5) is 7.95. The van der Waals surface area contributed by atoms with Gasteiger partial charge in [0.15, 0.2) is 0 Å². The third kappa shape index (κ3) is 2.67. The molecule has 1 fully saturated rings. The van der Waals surface area contributed by atoms with Crippen LogP contribution in [0.3, 0.4) is 0 Å². The summed E-state index contributed by atoms with van der Waals surface area (Å²) in [5.74, 6) is 0. The molecule has 1 saturated heterocycles. The van der Waals surface area contributed by atoms with Crippen molar-refractivity contribution < 1.29 is 9.47 Å².